The second kappa shape index (κ2) is 7.61. The zero-order chi connectivity index (χ0) is 20.4. The largest absolute Gasteiger partial charge is 0.320 e. The minimum absolute atomic E-state index is 0.151. The van der Waals surface area contributed by atoms with E-state index in [9.17, 15) is 19.7 Å². The maximum absolute atomic E-state index is 12.6. The van der Waals surface area contributed by atoms with E-state index in [4.69, 9.17) is 11.6 Å². The first kappa shape index (κ1) is 19.2. The fraction of sp³-hybridized carbons (Fsp3) is 0.105. The number of anilines is 1. The molecule has 28 heavy (non-hydrogen) atoms. The first-order valence-electron chi connectivity index (χ1n) is 8.21. The third-order valence-corrected chi connectivity index (χ3v) is 4.55. The van der Waals surface area contributed by atoms with E-state index in [1.54, 1.807) is 38.1 Å². The Bertz CT molecular complexity index is 1160. The molecule has 0 bridgehead atoms. The van der Waals surface area contributed by atoms with Crippen molar-refractivity contribution in [3.8, 4) is 5.69 Å². The molecule has 1 aromatic heterocycles. The molecule has 0 saturated carbocycles. The number of aromatic nitrogens is 2. The Morgan fingerprint density at radius 1 is 1.18 bits per heavy atom. The molecule has 2 aromatic carbocycles. The van der Waals surface area contributed by atoms with Crippen molar-refractivity contribution < 1.29 is 9.72 Å². The van der Waals surface area contributed by atoms with E-state index in [1.165, 1.54) is 28.9 Å². The summed E-state index contributed by atoms with van der Waals surface area (Å²) >= 11 is 6.05. The SMILES string of the molecule is Cc1c(Cl)cccc1NC(=O)c1nn(-c2ccccc2[N+](=O)[O-])c(C)cc1=O. The summed E-state index contributed by atoms with van der Waals surface area (Å²) in [5, 5.41) is 18.5. The Balaban J connectivity index is 2.08. The maximum Gasteiger partial charge on any atom is 0.294 e. The van der Waals surface area contributed by atoms with Crippen LogP contribution in [0, 0.1) is 24.0 Å². The van der Waals surface area contributed by atoms with Crippen molar-refractivity contribution in [1.82, 2.24) is 9.78 Å². The van der Waals surface area contributed by atoms with E-state index in [2.05, 4.69) is 10.4 Å². The zero-order valence-corrected chi connectivity index (χ0v) is 15.7. The molecule has 1 heterocycles. The topological polar surface area (TPSA) is 107 Å². The van der Waals surface area contributed by atoms with Crippen molar-refractivity contribution in [1.29, 1.82) is 0 Å². The summed E-state index contributed by atoms with van der Waals surface area (Å²) in [7, 11) is 0. The van der Waals surface area contributed by atoms with Gasteiger partial charge in [-0.3, -0.25) is 19.7 Å². The first-order chi connectivity index (χ1) is 13.3. The molecular formula is C19H15ClN4O4. The number of nitro benzene ring substituents is 1. The molecular weight excluding hydrogens is 384 g/mol. The molecule has 1 N–H and O–H groups in total. The Labute approximate surface area is 164 Å². The molecule has 1 amide bonds. The molecule has 3 aromatic rings. The lowest BCUT2D eigenvalue weighted by Gasteiger charge is -2.12. The van der Waals surface area contributed by atoms with Gasteiger partial charge in [0.05, 0.1) is 4.92 Å². The lowest BCUT2D eigenvalue weighted by atomic mass is 10.2. The Kier molecular flexibility index (Phi) is 5.23. The Hall–Kier alpha value is -3.52. The second-order valence-corrected chi connectivity index (χ2v) is 6.43. The van der Waals surface area contributed by atoms with Crippen LogP contribution in [0.15, 0.2) is 53.3 Å². The van der Waals surface area contributed by atoms with Crippen LogP contribution in [0.5, 0.6) is 0 Å². The number of nitro groups is 1. The van der Waals surface area contributed by atoms with Crippen molar-refractivity contribution in [3.63, 3.8) is 0 Å². The van der Waals surface area contributed by atoms with Gasteiger partial charge in [-0.15, -0.1) is 0 Å². The van der Waals surface area contributed by atoms with Gasteiger partial charge in [-0.2, -0.15) is 5.10 Å². The van der Waals surface area contributed by atoms with Crippen LogP contribution < -0.4 is 10.7 Å². The molecule has 0 aliphatic heterocycles. The van der Waals surface area contributed by atoms with Gasteiger partial charge in [0.2, 0.25) is 5.43 Å². The summed E-state index contributed by atoms with van der Waals surface area (Å²) in [6, 6.07) is 12.1. The van der Waals surface area contributed by atoms with Gasteiger partial charge in [0.25, 0.3) is 11.6 Å². The average Bonchev–Trinajstić information content (AvgIpc) is 2.65. The highest BCUT2D eigenvalue weighted by molar-refractivity contribution is 6.31. The van der Waals surface area contributed by atoms with E-state index in [0.29, 0.717) is 22.0 Å². The molecule has 3 rings (SSSR count). The molecule has 0 unspecified atom stereocenters. The normalized spacial score (nSPS) is 10.5. The molecule has 8 nitrogen and oxygen atoms in total. The van der Waals surface area contributed by atoms with Gasteiger partial charge in [-0.1, -0.05) is 29.8 Å². The van der Waals surface area contributed by atoms with Crippen molar-refractivity contribution in [2.24, 2.45) is 0 Å². The summed E-state index contributed by atoms with van der Waals surface area (Å²) in [4.78, 5) is 35.7. The highest BCUT2D eigenvalue weighted by atomic mass is 35.5. The number of nitrogens with one attached hydrogen (secondary N) is 1. The van der Waals surface area contributed by atoms with Gasteiger partial charge in [0.1, 0.15) is 5.69 Å². The fourth-order valence-corrected chi connectivity index (χ4v) is 2.85. The van der Waals surface area contributed by atoms with Crippen LogP contribution in [0.1, 0.15) is 21.7 Å². The highest BCUT2D eigenvalue weighted by Crippen LogP contribution is 2.24. The van der Waals surface area contributed by atoms with Crippen LogP contribution in [0.25, 0.3) is 5.69 Å². The monoisotopic (exact) mass is 398 g/mol. The first-order valence-corrected chi connectivity index (χ1v) is 8.58. The highest BCUT2D eigenvalue weighted by Gasteiger charge is 2.20. The molecule has 0 spiro atoms. The average molecular weight is 399 g/mol. The minimum Gasteiger partial charge on any atom is -0.320 e. The predicted octanol–water partition coefficient (Wildman–Crippen LogP) is 3.66. The third-order valence-electron chi connectivity index (χ3n) is 4.15. The van der Waals surface area contributed by atoms with Gasteiger partial charge in [0.15, 0.2) is 5.69 Å². The summed E-state index contributed by atoms with van der Waals surface area (Å²) < 4.78 is 1.21. The van der Waals surface area contributed by atoms with E-state index >= 15 is 0 Å². The van der Waals surface area contributed by atoms with E-state index in [-0.39, 0.29) is 17.1 Å². The molecule has 0 aliphatic rings. The van der Waals surface area contributed by atoms with Gasteiger partial charge in [0, 0.05) is 28.5 Å². The minimum atomic E-state index is -0.734. The number of nitrogens with zero attached hydrogens (tertiary/aromatic N) is 3. The number of rotatable bonds is 4. The number of carbonyl (C=O) groups excluding carboxylic acids is 1. The summed E-state index contributed by atoms with van der Waals surface area (Å²) in [5.41, 5.74) is 0.416. The van der Waals surface area contributed by atoms with Gasteiger partial charge < -0.3 is 5.32 Å². The fourth-order valence-electron chi connectivity index (χ4n) is 2.67. The van der Waals surface area contributed by atoms with Crippen molar-refractivity contribution >= 4 is 28.9 Å². The van der Waals surface area contributed by atoms with E-state index in [0.717, 1.165) is 0 Å². The standard InChI is InChI=1S/C19H15ClN4O4/c1-11-10-17(25)18(19(26)21-14-7-5-6-13(20)12(14)2)22-23(11)15-8-3-4-9-16(15)24(27)28/h3-10H,1-2H3,(H,21,26). The molecule has 142 valence electrons. The lowest BCUT2D eigenvalue weighted by molar-refractivity contribution is -0.384. The number of carbonyl (C=O) groups is 1. The van der Waals surface area contributed by atoms with E-state index in [1.807, 2.05) is 0 Å². The number of hydrogen-bond donors (Lipinski definition) is 1. The quantitative estimate of drug-likeness (QED) is 0.533. The molecule has 0 saturated heterocycles. The van der Waals surface area contributed by atoms with Gasteiger partial charge >= 0.3 is 0 Å². The number of hydrogen-bond acceptors (Lipinski definition) is 5. The van der Waals surface area contributed by atoms with Crippen LogP contribution in [-0.2, 0) is 0 Å². The lowest BCUT2D eigenvalue weighted by Crippen LogP contribution is -2.27. The Morgan fingerprint density at radius 2 is 1.89 bits per heavy atom. The number of halogens is 1. The summed E-state index contributed by atoms with van der Waals surface area (Å²) in [5.74, 6) is -0.734. The third kappa shape index (κ3) is 3.63. The van der Waals surface area contributed by atoms with Crippen LogP contribution in [-0.4, -0.2) is 20.6 Å². The molecule has 0 radical (unpaired) electrons. The Morgan fingerprint density at radius 3 is 2.61 bits per heavy atom. The van der Waals surface area contributed by atoms with Crippen LogP contribution in [0.4, 0.5) is 11.4 Å². The number of para-hydroxylation sites is 2. The molecule has 0 fully saturated rings. The van der Waals surface area contributed by atoms with Crippen LogP contribution in [0.2, 0.25) is 5.02 Å². The zero-order valence-electron chi connectivity index (χ0n) is 15.0. The number of amides is 1. The second-order valence-electron chi connectivity index (χ2n) is 6.02. The van der Waals surface area contributed by atoms with E-state index < -0.39 is 16.3 Å². The van der Waals surface area contributed by atoms with Gasteiger partial charge in [-0.05, 0) is 37.6 Å². The number of aryl methyl sites for hydroxylation is 1. The molecule has 0 aliphatic carbocycles. The molecule has 0 atom stereocenters. The smallest absolute Gasteiger partial charge is 0.294 e. The van der Waals surface area contributed by atoms with Gasteiger partial charge in [-0.25, -0.2) is 4.68 Å². The maximum atomic E-state index is 12.6. The van der Waals surface area contributed by atoms with Crippen LogP contribution >= 0.6 is 11.6 Å². The molecule has 9 heteroatoms. The van der Waals surface area contributed by atoms with Crippen LogP contribution in [0.3, 0.4) is 0 Å². The van der Waals surface area contributed by atoms with Crippen molar-refractivity contribution in [2.75, 3.05) is 5.32 Å². The summed E-state index contributed by atoms with van der Waals surface area (Å²) in [6.45, 7) is 3.31. The van der Waals surface area contributed by atoms with Crippen molar-refractivity contribution in [2.45, 2.75) is 13.8 Å². The number of benzene rings is 2. The predicted molar refractivity (Wildman–Crippen MR) is 105 cm³/mol. The summed E-state index contributed by atoms with van der Waals surface area (Å²) in [6.07, 6.45) is 0. The van der Waals surface area contributed by atoms with Crippen molar-refractivity contribution in [3.05, 3.63) is 90.8 Å².